The molecule has 0 aliphatic carbocycles. The lowest BCUT2D eigenvalue weighted by Gasteiger charge is -2.15. The normalized spacial score (nSPS) is 17.9. The van der Waals surface area contributed by atoms with Crippen molar-refractivity contribution in [3.05, 3.63) is 64.7 Å². The van der Waals surface area contributed by atoms with E-state index in [4.69, 9.17) is 4.74 Å². The smallest absolute Gasteiger partial charge is 0.122 e. The molecular weight excluding hydrogens is 258 g/mol. The van der Waals surface area contributed by atoms with Crippen molar-refractivity contribution in [2.45, 2.75) is 25.7 Å². The predicted molar refractivity (Wildman–Crippen MR) is 87.2 cm³/mol. The van der Waals surface area contributed by atoms with E-state index in [0.29, 0.717) is 5.92 Å². The van der Waals surface area contributed by atoms with E-state index in [-0.39, 0.29) is 0 Å². The highest BCUT2D eigenvalue weighted by molar-refractivity contribution is 5.41. The predicted octanol–water partition coefficient (Wildman–Crippen LogP) is 3.54. The Labute approximate surface area is 127 Å². The molecule has 0 aromatic heterocycles. The standard InChI is InChI=1S/C19H23NO/c1-14-13-20-10-9-16-8-7-15(12-18(14)16)11-17-5-3-4-6-19(17)21-2/h3-8,12,14,20H,9-11,13H2,1-2H3. The van der Waals surface area contributed by atoms with E-state index in [1.807, 2.05) is 12.1 Å². The van der Waals surface area contributed by atoms with Crippen LogP contribution in [0, 0.1) is 0 Å². The molecule has 1 N–H and O–H groups in total. The molecule has 0 saturated heterocycles. The zero-order valence-electron chi connectivity index (χ0n) is 12.9. The number of fused-ring (bicyclic) bond motifs is 1. The molecule has 1 aliphatic heterocycles. The van der Waals surface area contributed by atoms with Crippen molar-refractivity contribution in [1.82, 2.24) is 5.32 Å². The summed E-state index contributed by atoms with van der Waals surface area (Å²) >= 11 is 0. The average molecular weight is 281 g/mol. The summed E-state index contributed by atoms with van der Waals surface area (Å²) in [6, 6.07) is 15.2. The quantitative estimate of drug-likeness (QED) is 0.929. The highest BCUT2D eigenvalue weighted by Gasteiger charge is 2.15. The zero-order valence-corrected chi connectivity index (χ0v) is 12.9. The molecule has 2 aromatic rings. The Hall–Kier alpha value is -1.80. The maximum Gasteiger partial charge on any atom is 0.122 e. The van der Waals surface area contributed by atoms with Crippen LogP contribution in [0.25, 0.3) is 0 Å². The summed E-state index contributed by atoms with van der Waals surface area (Å²) in [7, 11) is 1.74. The highest BCUT2D eigenvalue weighted by atomic mass is 16.5. The fourth-order valence-corrected chi connectivity index (χ4v) is 3.16. The van der Waals surface area contributed by atoms with E-state index in [0.717, 1.165) is 31.7 Å². The summed E-state index contributed by atoms with van der Waals surface area (Å²) in [4.78, 5) is 0. The molecule has 0 bridgehead atoms. The summed E-state index contributed by atoms with van der Waals surface area (Å²) in [6.07, 6.45) is 2.06. The Morgan fingerprint density at radius 3 is 2.90 bits per heavy atom. The van der Waals surface area contributed by atoms with Gasteiger partial charge in [0.05, 0.1) is 7.11 Å². The third kappa shape index (κ3) is 3.11. The summed E-state index contributed by atoms with van der Waals surface area (Å²) in [5.74, 6) is 1.56. The van der Waals surface area contributed by atoms with Gasteiger partial charge >= 0.3 is 0 Å². The number of methoxy groups -OCH3 is 1. The van der Waals surface area contributed by atoms with Crippen LogP contribution in [-0.2, 0) is 12.8 Å². The number of ether oxygens (including phenoxy) is 1. The molecule has 0 saturated carbocycles. The molecule has 2 heteroatoms. The lowest BCUT2D eigenvalue weighted by Crippen LogP contribution is -2.18. The Morgan fingerprint density at radius 1 is 1.19 bits per heavy atom. The van der Waals surface area contributed by atoms with E-state index in [9.17, 15) is 0 Å². The van der Waals surface area contributed by atoms with Crippen LogP contribution in [0.4, 0.5) is 0 Å². The molecule has 21 heavy (non-hydrogen) atoms. The first-order valence-corrected chi connectivity index (χ1v) is 7.72. The van der Waals surface area contributed by atoms with Gasteiger partial charge in [0.15, 0.2) is 0 Å². The van der Waals surface area contributed by atoms with Crippen LogP contribution >= 0.6 is 0 Å². The van der Waals surface area contributed by atoms with E-state index in [2.05, 4.69) is 42.6 Å². The molecule has 1 atom stereocenters. The van der Waals surface area contributed by atoms with Crippen LogP contribution in [-0.4, -0.2) is 20.2 Å². The minimum Gasteiger partial charge on any atom is -0.496 e. The number of rotatable bonds is 3. The Bertz CT molecular complexity index is 621. The van der Waals surface area contributed by atoms with Crippen molar-refractivity contribution in [2.75, 3.05) is 20.2 Å². The van der Waals surface area contributed by atoms with Crippen molar-refractivity contribution in [3.63, 3.8) is 0 Å². The first-order chi connectivity index (χ1) is 10.3. The second-order valence-corrected chi connectivity index (χ2v) is 5.88. The molecule has 0 spiro atoms. The van der Waals surface area contributed by atoms with Crippen LogP contribution in [0.1, 0.15) is 35.1 Å². The number of hydrogen-bond acceptors (Lipinski definition) is 2. The van der Waals surface area contributed by atoms with Crippen molar-refractivity contribution in [1.29, 1.82) is 0 Å². The van der Waals surface area contributed by atoms with Gasteiger partial charge in [-0.25, -0.2) is 0 Å². The van der Waals surface area contributed by atoms with Gasteiger partial charge in [-0.15, -0.1) is 0 Å². The zero-order chi connectivity index (χ0) is 14.7. The van der Waals surface area contributed by atoms with Crippen LogP contribution in [0.2, 0.25) is 0 Å². The SMILES string of the molecule is COc1ccccc1Cc1ccc2c(c1)C(C)CNCC2. The molecule has 110 valence electrons. The van der Waals surface area contributed by atoms with Crippen LogP contribution in [0.15, 0.2) is 42.5 Å². The first kappa shape index (κ1) is 14.2. The Kier molecular flexibility index (Phi) is 4.26. The highest BCUT2D eigenvalue weighted by Crippen LogP contribution is 2.26. The number of para-hydroxylation sites is 1. The minimum atomic E-state index is 0.583. The van der Waals surface area contributed by atoms with Gasteiger partial charge in [0.2, 0.25) is 0 Å². The molecule has 1 heterocycles. The second-order valence-electron chi connectivity index (χ2n) is 5.88. The van der Waals surface area contributed by atoms with E-state index < -0.39 is 0 Å². The van der Waals surface area contributed by atoms with Crippen LogP contribution in [0.5, 0.6) is 5.75 Å². The summed E-state index contributed by atoms with van der Waals surface area (Å²) in [5.41, 5.74) is 5.62. The van der Waals surface area contributed by atoms with Gasteiger partial charge < -0.3 is 10.1 Å². The topological polar surface area (TPSA) is 21.3 Å². The Morgan fingerprint density at radius 2 is 2.05 bits per heavy atom. The van der Waals surface area contributed by atoms with Gasteiger partial charge in [0.25, 0.3) is 0 Å². The molecule has 2 aromatic carbocycles. The van der Waals surface area contributed by atoms with Gasteiger partial charge in [-0.1, -0.05) is 43.3 Å². The van der Waals surface area contributed by atoms with Gasteiger partial charge in [-0.05, 0) is 47.2 Å². The minimum absolute atomic E-state index is 0.583. The van der Waals surface area contributed by atoms with E-state index in [1.165, 1.54) is 22.3 Å². The molecule has 0 amide bonds. The third-order valence-electron chi connectivity index (χ3n) is 4.35. The molecular formula is C19H23NO. The van der Waals surface area contributed by atoms with Crippen molar-refractivity contribution in [2.24, 2.45) is 0 Å². The van der Waals surface area contributed by atoms with E-state index >= 15 is 0 Å². The molecule has 2 nitrogen and oxygen atoms in total. The van der Waals surface area contributed by atoms with E-state index in [1.54, 1.807) is 7.11 Å². The van der Waals surface area contributed by atoms with Gasteiger partial charge in [0, 0.05) is 13.0 Å². The lowest BCUT2D eigenvalue weighted by molar-refractivity contribution is 0.410. The number of benzene rings is 2. The molecule has 1 unspecified atom stereocenters. The summed E-state index contributed by atoms with van der Waals surface area (Å²) in [5, 5.41) is 3.51. The monoisotopic (exact) mass is 281 g/mol. The van der Waals surface area contributed by atoms with Gasteiger partial charge in [0.1, 0.15) is 5.75 Å². The van der Waals surface area contributed by atoms with Crippen molar-refractivity contribution < 1.29 is 4.74 Å². The second kappa shape index (κ2) is 6.31. The molecule has 3 rings (SSSR count). The number of hydrogen-bond donors (Lipinski definition) is 1. The largest absolute Gasteiger partial charge is 0.496 e. The van der Waals surface area contributed by atoms with Gasteiger partial charge in [-0.2, -0.15) is 0 Å². The fourth-order valence-electron chi connectivity index (χ4n) is 3.16. The lowest BCUT2D eigenvalue weighted by atomic mass is 9.91. The van der Waals surface area contributed by atoms with Gasteiger partial charge in [-0.3, -0.25) is 0 Å². The third-order valence-corrected chi connectivity index (χ3v) is 4.35. The number of nitrogens with one attached hydrogen (secondary N) is 1. The van der Waals surface area contributed by atoms with Crippen molar-refractivity contribution in [3.8, 4) is 5.75 Å². The first-order valence-electron chi connectivity index (χ1n) is 7.72. The Balaban J connectivity index is 1.90. The maximum atomic E-state index is 5.46. The average Bonchev–Trinajstić information content (AvgIpc) is 2.70. The molecule has 0 radical (unpaired) electrons. The molecule has 1 aliphatic rings. The summed E-state index contributed by atoms with van der Waals surface area (Å²) < 4.78 is 5.46. The fraction of sp³-hybridized carbons (Fsp3) is 0.368. The van der Waals surface area contributed by atoms with Crippen LogP contribution in [0.3, 0.4) is 0 Å². The van der Waals surface area contributed by atoms with Crippen LogP contribution < -0.4 is 10.1 Å². The molecule has 0 fully saturated rings. The summed E-state index contributed by atoms with van der Waals surface area (Å²) in [6.45, 7) is 4.47. The maximum absolute atomic E-state index is 5.46. The van der Waals surface area contributed by atoms with Crippen molar-refractivity contribution >= 4 is 0 Å².